The highest BCUT2D eigenvalue weighted by Crippen LogP contribution is 2.36. The van der Waals surface area contributed by atoms with E-state index in [1.807, 2.05) is 12.1 Å². The Morgan fingerprint density at radius 2 is 0.851 bits per heavy atom. The second-order valence-corrected chi connectivity index (χ2v) is 30.2. The summed E-state index contributed by atoms with van der Waals surface area (Å²) < 4.78 is 51.8. The molecule has 14 nitrogen and oxygen atoms in total. The van der Waals surface area contributed by atoms with Crippen molar-refractivity contribution in [2.75, 3.05) is 146 Å². The molecular weight excluding hydrogens is 1270 g/mol. The van der Waals surface area contributed by atoms with Crippen molar-refractivity contribution in [1.82, 2.24) is 55.4 Å². The molecule has 7 fully saturated rings. The molecule has 101 heavy (non-hydrogen) atoms. The molecule has 9 aromatic rings. The molecule has 16 rings (SSSR count). The first-order valence-corrected chi connectivity index (χ1v) is 38.1. The van der Waals surface area contributed by atoms with Gasteiger partial charge in [0.05, 0.1) is 6.54 Å². The van der Waals surface area contributed by atoms with E-state index < -0.39 is 12.7 Å². The summed E-state index contributed by atoms with van der Waals surface area (Å²) in [5.41, 5.74) is 14.0. The minimum absolute atomic E-state index is 0.177. The number of para-hydroxylation sites is 2. The van der Waals surface area contributed by atoms with Gasteiger partial charge in [0, 0.05) is 233 Å². The van der Waals surface area contributed by atoms with Gasteiger partial charge in [-0.25, -0.2) is 4.39 Å². The smallest absolute Gasteiger partial charge is 0.371 e. The molecule has 6 aromatic carbocycles. The van der Waals surface area contributed by atoms with E-state index >= 15 is 0 Å². The van der Waals surface area contributed by atoms with Crippen LogP contribution in [-0.2, 0) is 0 Å². The van der Waals surface area contributed by atoms with Gasteiger partial charge in [0.1, 0.15) is 5.82 Å². The Hall–Kier alpha value is -7.26. The van der Waals surface area contributed by atoms with Gasteiger partial charge in [-0.15, -0.1) is 0 Å². The van der Waals surface area contributed by atoms with Crippen LogP contribution in [-0.4, -0.2) is 219 Å². The number of benzene rings is 6. The van der Waals surface area contributed by atoms with E-state index in [4.69, 9.17) is 0 Å². The molecule has 0 radical (unpaired) electrons. The lowest BCUT2D eigenvalue weighted by Crippen LogP contribution is -2.56. The Balaban J connectivity index is 0.000000129. The molecule has 7 aliphatic heterocycles. The molecule has 1 unspecified atom stereocenters. The summed E-state index contributed by atoms with van der Waals surface area (Å²) in [6, 6.07) is 59.7. The van der Waals surface area contributed by atoms with Crippen LogP contribution in [0.4, 0.5) is 34.6 Å². The summed E-state index contributed by atoms with van der Waals surface area (Å²) in [6.07, 6.45) is 9.85. The fourth-order valence-corrected chi connectivity index (χ4v) is 17.2. The van der Waals surface area contributed by atoms with Gasteiger partial charge in [0.15, 0.2) is 0 Å². The minimum Gasteiger partial charge on any atom is -0.371 e. The highest BCUT2D eigenvalue weighted by Gasteiger charge is 2.37. The van der Waals surface area contributed by atoms with Crippen LogP contribution >= 0.6 is 0 Å². The number of aromatic nitrogens is 3. The number of anilines is 3. The lowest BCUT2D eigenvalue weighted by molar-refractivity contribution is -0.149. The summed E-state index contributed by atoms with van der Waals surface area (Å²) in [5, 5.41) is 14.7. The van der Waals surface area contributed by atoms with Crippen LogP contribution in [0.5, 0.6) is 0 Å². The molecule has 3 atom stereocenters. The zero-order valence-electron chi connectivity index (χ0n) is 59.9. The minimum atomic E-state index is -4.10. The largest absolute Gasteiger partial charge is 0.401 e. The summed E-state index contributed by atoms with van der Waals surface area (Å²) in [7, 11) is 2.35. The molecule has 0 aliphatic carbocycles. The average molecular weight is 1380 g/mol. The number of aromatic amines is 3. The summed E-state index contributed by atoms with van der Waals surface area (Å²) in [5.74, 6) is -0.177. The number of hydrogen-bond donors (Lipinski definition) is 6. The maximum Gasteiger partial charge on any atom is 0.401 e. The predicted octanol–water partition coefficient (Wildman–Crippen LogP) is 14.5. The van der Waals surface area contributed by atoms with E-state index in [1.165, 1.54) is 145 Å². The van der Waals surface area contributed by atoms with Gasteiger partial charge in [0.2, 0.25) is 0 Å². The van der Waals surface area contributed by atoms with E-state index in [-0.39, 0.29) is 5.82 Å². The van der Waals surface area contributed by atoms with Crippen molar-refractivity contribution in [2.24, 2.45) is 0 Å². The lowest BCUT2D eigenvalue weighted by Gasteiger charge is -2.48. The number of H-pyrrole nitrogens is 3. The van der Waals surface area contributed by atoms with Crippen molar-refractivity contribution in [2.45, 2.75) is 133 Å². The Kier molecular flexibility index (Phi) is 23.1. The van der Waals surface area contributed by atoms with Gasteiger partial charge >= 0.3 is 6.18 Å². The first-order chi connectivity index (χ1) is 49.2. The van der Waals surface area contributed by atoms with Crippen molar-refractivity contribution in [3.8, 4) is 33.8 Å². The molecular formula is C83H108F4N14. The monoisotopic (exact) mass is 1380 g/mol. The Morgan fingerprint density at radius 3 is 1.31 bits per heavy atom. The molecule has 538 valence electrons. The first-order valence-electron chi connectivity index (χ1n) is 38.1. The quantitative estimate of drug-likeness (QED) is 0.0462. The molecule has 3 aromatic heterocycles. The number of hydrogen-bond acceptors (Lipinski definition) is 11. The van der Waals surface area contributed by atoms with Crippen molar-refractivity contribution in [3.63, 3.8) is 0 Å². The standard InChI is InChI=1S/C28H38FN5.C28H36N4.C27H34F3N5/c1-21(2)33-17-15-32(16-18-33)14-11-30-23-9-12-34(13-10-23)24-6-3-5-22(19-24)28-20-25-26(29)7-4-8-27(25)31-28;1-31-24-8-5-9-25(31)19-23(18-24)29-22-12-14-32(15-13-22)26-10-4-7-20(16-26)28-17-21-6-2-3-11-27(21)30-28;28-27(29,30)20-34-16-14-33(15-17-34)13-10-31-23-8-11-35(12-9-23)24-6-3-5-21(18-24)26-19-22-4-1-2-7-25(22)32-26/h3-8,19-21,23,30-31H,9-18H2,1-2H3;2-4,6-7,10-11,16-17,22-25,29-30H,5,8-9,12-15,18-19H2,1H3;1-7,18-19,23,31-32H,8-17,20H2/t;23?,24-,25+;. The first kappa shape index (κ1) is 70.8. The second kappa shape index (κ2) is 33.0. The predicted molar refractivity (Wildman–Crippen MR) is 410 cm³/mol. The SMILES string of the molecule is CC(C)N1CCN(CCNC2CCN(c3cccc(-c4cc5c(F)cccc5[nH]4)c3)CC2)CC1.CN1[C@@H]2CCC[C@H]1CC(NC1CCN(c3cccc(-c4cc5ccccc5[nH]4)c3)CC1)C2.FC(F)(F)CN1CCN(CCNC2CCN(c3cccc(-c4cc5ccccc5[nH]4)c3)CC2)CC1. The molecule has 2 bridgehead atoms. The number of rotatable bonds is 18. The van der Waals surface area contributed by atoms with Gasteiger partial charge < -0.3 is 50.5 Å². The van der Waals surface area contributed by atoms with Gasteiger partial charge in [0.25, 0.3) is 0 Å². The van der Waals surface area contributed by atoms with Gasteiger partial charge in [-0.2, -0.15) is 13.2 Å². The Bertz CT molecular complexity index is 3980. The van der Waals surface area contributed by atoms with Crippen molar-refractivity contribution in [1.29, 1.82) is 0 Å². The molecule has 0 spiro atoms. The van der Waals surface area contributed by atoms with Gasteiger partial charge in [-0.3, -0.25) is 19.6 Å². The number of piperidine rings is 5. The molecule has 10 heterocycles. The van der Waals surface area contributed by atoms with Crippen LogP contribution in [0.2, 0.25) is 0 Å². The zero-order chi connectivity index (χ0) is 69.2. The third-order valence-corrected chi connectivity index (χ3v) is 23.3. The highest BCUT2D eigenvalue weighted by molar-refractivity contribution is 5.88. The summed E-state index contributed by atoms with van der Waals surface area (Å²) in [6.45, 7) is 21.5. The van der Waals surface area contributed by atoms with Crippen LogP contribution in [0.3, 0.4) is 0 Å². The van der Waals surface area contributed by atoms with E-state index in [2.05, 4.69) is 220 Å². The number of halogens is 4. The fraction of sp³-hybridized carbons (Fsp3) is 0.494. The molecule has 0 amide bonds. The normalized spacial score (nSPS) is 21.5. The fourth-order valence-electron chi connectivity index (χ4n) is 17.2. The van der Waals surface area contributed by atoms with Gasteiger partial charge in [-0.1, -0.05) is 85.3 Å². The number of nitrogens with one attached hydrogen (secondary N) is 6. The maximum absolute atomic E-state index is 14.1. The Morgan fingerprint density at radius 1 is 0.436 bits per heavy atom. The number of nitrogens with zero attached hydrogens (tertiary/aromatic N) is 8. The molecule has 6 N–H and O–H groups in total. The van der Waals surface area contributed by atoms with Crippen LogP contribution in [0, 0.1) is 5.82 Å². The topological polar surface area (TPSA) is 109 Å². The number of alkyl halides is 3. The molecule has 7 aliphatic rings. The van der Waals surface area contributed by atoms with Crippen LogP contribution in [0.25, 0.3) is 66.5 Å². The number of piperazine rings is 2. The number of fused-ring (bicyclic) bond motifs is 5. The molecule has 18 heteroatoms. The summed E-state index contributed by atoms with van der Waals surface area (Å²) in [4.78, 5) is 29.6. The second-order valence-electron chi connectivity index (χ2n) is 30.2. The van der Waals surface area contributed by atoms with Crippen LogP contribution < -0.4 is 30.7 Å². The van der Waals surface area contributed by atoms with Crippen molar-refractivity contribution >= 4 is 49.8 Å². The van der Waals surface area contributed by atoms with Crippen LogP contribution in [0.15, 0.2) is 158 Å². The molecule has 0 saturated carbocycles. The third kappa shape index (κ3) is 18.4. The Labute approximate surface area is 596 Å². The van der Waals surface area contributed by atoms with Crippen molar-refractivity contribution < 1.29 is 17.6 Å². The lowest BCUT2D eigenvalue weighted by atomic mass is 9.82. The highest BCUT2D eigenvalue weighted by atomic mass is 19.4. The van der Waals surface area contributed by atoms with E-state index in [0.29, 0.717) is 55.7 Å². The van der Waals surface area contributed by atoms with Gasteiger partial charge in [-0.05, 0) is 175 Å². The zero-order valence-corrected chi connectivity index (χ0v) is 59.9. The van der Waals surface area contributed by atoms with Crippen LogP contribution in [0.1, 0.15) is 84.5 Å². The van der Waals surface area contributed by atoms with E-state index in [1.54, 1.807) is 6.07 Å². The van der Waals surface area contributed by atoms with E-state index in [9.17, 15) is 17.6 Å². The van der Waals surface area contributed by atoms with E-state index in [0.717, 1.165) is 124 Å². The van der Waals surface area contributed by atoms with Crippen molar-refractivity contribution in [3.05, 3.63) is 164 Å². The molecule has 7 saturated heterocycles. The maximum atomic E-state index is 14.1. The summed E-state index contributed by atoms with van der Waals surface area (Å²) >= 11 is 0. The third-order valence-electron chi connectivity index (χ3n) is 23.3. The average Bonchev–Trinajstić information content (AvgIpc) is 1.79.